The lowest BCUT2D eigenvalue weighted by atomic mass is 9.98. The van der Waals surface area contributed by atoms with Gasteiger partial charge in [0.1, 0.15) is 5.82 Å². The second-order valence-electron chi connectivity index (χ2n) is 5.84. The Morgan fingerprint density at radius 1 is 1.00 bits per heavy atom. The first-order valence-corrected chi connectivity index (χ1v) is 7.79. The first kappa shape index (κ1) is 17.7. The molecule has 0 aliphatic rings. The van der Waals surface area contributed by atoms with E-state index in [2.05, 4.69) is 9.97 Å². The van der Waals surface area contributed by atoms with Crippen LogP contribution >= 0.6 is 0 Å². The zero-order valence-electron chi connectivity index (χ0n) is 13.7. The Labute approximate surface area is 147 Å². The van der Waals surface area contributed by atoms with E-state index in [-0.39, 0.29) is 11.5 Å². The van der Waals surface area contributed by atoms with Gasteiger partial charge in [0.25, 0.3) is 0 Å². The first-order chi connectivity index (χ1) is 12.3. The van der Waals surface area contributed by atoms with Crippen LogP contribution in [0.25, 0.3) is 22.4 Å². The van der Waals surface area contributed by atoms with Gasteiger partial charge < -0.3 is 10.1 Å². The number of nitrogens with zero attached hydrogens (tertiary/aromatic N) is 1. The van der Waals surface area contributed by atoms with Crippen molar-refractivity contribution in [3.8, 4) is 22.4 Å². The van der Waals surface area contributed by atoms with Gasteiger partial charge in [-0.25, -0.2) is 4.98 Å². The molecule has 3 rings (SSSR count). The molecule has 1 aromatic heterocycles. The number of aliphatic carboxylic acids is 1. The van der Waals surface area contributed by atoms with Crippen LogP contribution in [-0.4, -0.2) is 27.2 Å². The fraction of sp³-hybridized carbons (Fsp3) is 0.158. The second kappa shape index (κ2) is 6.67. The number of aryl methyl sites for hydroxylation is 1. The fourth-order valence-electron chi connectivity index (χ4n) is 2.82. The smallest absolute Gasteiger partial charge is 0.407 e. The third-order valence-corrected chi connectivity index (χ3v) is 3.98. The van der Waals surface area contributed by atoms with E-state index >= 15 is 0 Å². The number of halogens is 3. The first-order valence-electron chi connectivity index (χ1n) is 7.79. The minimum Gasteiger partial charge on any atom is -0.480 e. The number of hydrogen-bond donors (Lipinski definition) is 2. The monoisotopic (exact) mass is 360 g/mol. The highest BCUT2D eigenvalue weighted by molar-refractivity contribution is 5.80. The summed E-state index contributed by atoms with van der Waals surface area (Å²) >= 11 is 0. The number of carbonyl (C=O) groups is 1. The summed E-state index contributed by atoms with van der Waals surface area (Å²) in [5, 5.41) is 9.07. The minimum atomic E-state index is -4.93. The van der Waals surface area contributed by atoms with E-state index in [0.29, 0.717) is 5.56 Å². The van der Waals surface area contributed by atoms with Gasteiger partial charge in [0, 0.05) is 5.56 Å². The highest BCUT2D eigenvalue weighted by Gasteiger charge is 2.48. The molecule has 0 saturated heterocycles. The molecule has 2 aromatic carbocycles. The van der Waals surface area contributed by atoms with Crippen molar-refractivity contribution in [1.29, 1.82) is 0 Å². The molecule has 1 unspecified atom stereocenters. The Hall–Kier alpha value is -3.09. The number of benzene rings is 2. The molecular weight excluding hydrogens is 345 g/mol. The van der Waals surface area contributed by atoms with Gasteiger partial charge in [-0.15, -0.1) is 0 Å². The SMILES string of the molecule is Cc1nc(-c2ccc(-c3ccccc3)cc2)c(C(C(=O)O)C(F)(F)F)[nH]1. The molecule has 4 nitrogen and oxygen atoms in total. The minimum absolute atomic E-state index is 0.00756. The number of carboxylic acids is 1. The molecule has 3 aromatic rings. The highest BCUT2D eigenvalue weighted by Crippen LogP contribution is 2.39. The van der Waals surface area contributed by atoms with Crippen LogP contribution in [0.3, 0.4) is 0 Å². The zero-order valence-corrected chi connectivity index (χ0v) is 13.7. The van der Waals surface area contributed by atoms with E-state index in [9.17, 15) is 18.0 Å². The lowest BCUT2D eigenvalue weighted by Crippen LogP contribution is -2.29. The van der Waals surface area contributed by atoms with Crippen LogP contribution in [0.15, 0.2) is 54.6 Å². The lowest BCUT2D eigenvalue weighted by molar-refractivity contribution is -0.177. The summed E-state index contributed by atoms with van der Waals surface area (Å²) in [7, 11) is 0. The van der Waals surface area contributed by atoms with Crippen LogP contribution < -0.4 is 0 Å². The molecule has 26 heavy (non-hydrogen) atoms. The van der Waals surface area contributed by atoms with E-state index in [4.69, 9.17) is 5.11 Å². The maximum atomic E-state index is 13.2. The standard InChI is InChI=1S/C19H15F3N2O2/c1-11-23-16(17(24-11)15(18(25)26)19(20,21)22)14-9-7-13(8-10-14)12-5-3-2-4-6-12/h2-10,15H,1H3,(H,23,24)(H,25,26). The average molecular weight is 360 g/mol. The molecule has 0 aliphatic carbocycles. The maximum Gasteiger partial charge on any atom is 0.407 e. The Bertz CT molecular complexity index is 916. The van der Waals surface area contributed by atoms with Crippen LogP contribution in [-0.2, 0) is 4.79 Å². The predicted molar refractivity (Wildman–Crippen MR) is 90.6 cm³/mol. The van der Waals surface area contributed by atoms with Gasteiger partial charge in [-0.1, -0.05) is 54.6 Å². The second-order valence-corrected chi connectivity index (χ2v) is 5.84. The number of aromatic nitrogens is 2. The van der Waals surface area contributed by atoms with E-state index in [0.717, 1.165) is 11.1 Å². The van der Waals surface area contributed by atoms with Gasteiger partial charge in [0.05, 0.1) is 11.4 Å². The molecule has 1 heterocycles. The molecule has 0 aliphatic heterocycles. The average Bonchev–Trinajstić information content (AvgIpc) is 2.95. The van der Waals surface area contributed by atoms with Gasteiger partial charge >= 0.3 is 12.1 Å². The largest absolute Gasteiger partial charge is 0.480 e. The van der Waals surface area contributed by atoms with Crippen LogP contribution in [0.4, 0.5) is 13.2 Å². The Balaban J connectivity index is 2.04. The number of alkyl halides is 3. The van der Waals surface area contributed by atoms with Gasteiger partial charge in [-0.3, -0.25) is 4.79 Å². The molecule has 0 spiro atoms. The summed E-state index contributed by atoms with van der Waals surface area (Å²) in [5.41, 5.74) is 1.81. The molecule has 0 saturated carbocycles. The van der Waals surface area contributed by atoms with Crippen molar-refractivity contribution in [3.63, 3.8) is 0 Å². The fourth-order valence-corrected chi connectivity index (χ4v) is 2.82. The van der Waals surface area contributed by atoms with E-state index < -0.39 is 23.8 Å². The van der Waals surface area contributed by atoms with Crippen molar-refractivity contribution in [2.45, 2.75) is 19.0 Å². The predicted octanol–water partition coefficient (Wildman–Crippen LogP) is 4.78. The van der Waals surface area contributed by atoms with Crippen molar-refractivity contribution in [1.82, 2.24) is 9.97 Å². The Morgan fingerprint density at radius 3 is 2.08 bits per heavy atom. The number of H-pyrrole nitrogens is 1. The third kappa shape index (κ3) is 3.46. The molecule has 0 radical (unpaired) electrons. The van der Waals surface area contributed by atoms with E-state index in [1.165, 1.54) is 6.92 Å². The molecular formula is C19H15F3N2O2. The van der Waals surface area contributed by atoms with Crippen LogP contribution in [0.1, 0.15) is 17.4 Å². The van der Waals surface area contributed by atoms with Crippen molar-refractivity contribution < 1.29 is 23.1 Å². The normalized spacial score (nSPS) is 12.8. The topological polar surface area (TPSA) is 66.0 Å². The number of imidazole rings is 1. The van der Waals surface area contributed by atoms with Crippen molar-refractivity contribution in [2.75, 3.05) is 0 Å². The van der Waals surface area contributed by atoms with Gasteiger partial charge in [-0.05, 0) is 18.1 Å². The molecule has 0 amide bonds. The van der Waals surface area contributed by atoms with E-state index in [1.807, 2.05) is 30.3 Å². The Morgan fingerprint density at radius 2 is 1.54 bits per heavy atom. The molecule has 0 fully saturated rings. The number of aromatic amines is 1. The molecule has 134 valence electrons. The molecule has 0 bridgehead atoms. The summed E-state index contributed by atoms with van der Waals surface area (Å²) in [6, 6.07) is 16.3. The molecule has 2 N–H and O–H groups in total. The summed E-state index contributed by atoms with van der Waals surface area (Å²) in [6.45, 7) is 1.49. The number of nitrogens with one attached hydrogen (secondary N) is 1. The van der Waals surface area contributed by atoms with Gasteiger partial charge in [0.15, 0.2) is 5.92 Å². The number of rotatable bonds is 4. The zero-order chi connectivity index (χ0) is 18.9. The Kier molecular flexibility index (Phi) is 4.54. The summed E-state index contributed by atoms with van der Waals surface area (Å²) in [4.78, 5) is 17.8. The number of carboxylic acid groups (broad SMARTS) is 1. The van der Waals surface area contributed by atoms with Crippen molar-refractivity contribution in [3.05, 3.63) is 66.1 Å². The number of hydrogen-bond acceptors (Lipinski definition) is 2. The lowest BCUT2D eigenvalue weighted by Gasteiger charge is -2.16. The van der Waals surface area contributed by atoms with Gasteiger partial charge in [0.2, 0.25) is 0 Å². The van der Waals surface area contributed by atoms with Gasteiger partial charge in [-0.2, -0.15) is 13.2 Å². The summed E-state index contributed by atoms with van der Waals surface area (Å²) in [6.07, 6.45) is -4.93. The van der Waals surface area contributed by atoms with E-state index in [1.54, 1.807) is 24.3 Å². The van der Waals surface area contributed by atoms with Crippen LogP contribution in [0.5, 0.6) is 0 Å². The molecule has 7 heteroatoms. The van der Waals surface area contributed by atoms with Crippen LogP contribution in [0, 0.1) is 6.92 Å². The summed E-state index contributed by atoms with van der Waals surface area (Å²) < 4.78 is 39.7. The van der Waals surface area contributed by atoms with Crippen molar-refractivity contribution >= 4 is 5.97 Å². The molecule has 1 atom stereocenters. The highest BCUT2D eigenvalue weighted by atomic mass is 19.4. The third-order valence-electron chi connectivity index (χ3n) is 3.98. The summed E-state index contributed by atoms with van der Waals surface area (Å²) in [5.74, 6) is -4.41. The van der Waals surface area contributed by atoms with Crippen molar-refractivity contribution in [2.24, 2.45) is 0 Å². The maximum absolute atomic E-state index is 13.2. The van der Waals surface area contributed by atoms with Crippen LogP contribution in [0.2, 0.25) is 0 Å². The quantitative estimate of drug-likeness (QED) is 0.703.